The normalized spacial score (nSPS) is 19.2. The number of halogens is 1. The van der Waals surface area contributed by atoms with Gasteiger partial charge in [-0.15, -0.1) is 0 Å². The Morgan fingerprint density at radius 2 is 2.04 bits per heavy atom. The van der Waals surface area contributed by atoms with E-state index in [4.69, 9.17) is 19.9 Å². The van der Waals surface area contributed by atoms with Crippen LogP contribution in [0.4, 0.5) is 10.2 Å². The SMILES string of the molecule is Cc1cc(N)nc(CO[C@H]2CN[C@H](COCCOCc3cccc(F)c3)C2)c1. The molecule has 1 aliphatic heterocycles. The molecule has 1 aromatic heterocycles. The van der Waals surface area contributed by atoms with Gasteiger partial charge in [0.15, 0.2) is 0 Å². The molecule has 2 heterocycles. The van der Waals surface area contributed by atoms with Crippen molar-refractivity contribution in [3.8, 4) is 0 Å². The minimum absolute atomic E-state index is 0.140. The third-order valence-corrected chi connectivity index (χ3v) is 4.54. The second-order valence-corrected chi connectivity index (χ2v) is 7.09. The van der Waals surface area contributed by atoms with Crippen LogP contribution in [0.15, 0.2) is 36.4 Å². The molecule has 0 unspecified atom stereocenters. The molecule has 0 bridgehead atoms. The van der Waals surface area contributed by atoms with Gasteiger partial charge < -0.3 is 25.3 Å². The lowest BCUT2D eigenvalue weighted by atomic mass is 10.2. The van der Waals surface area contributed by atoms with E-state index < -0.39 is 0 Å². The van der Waals surface area contributed by atoms with Crippen molar-refractivity contribution >= 4 is 5.82 Å². The van der Waals surface area contributed by atoms with E-state index in [-0.39, 0.29) is 18.0 Å². The van der Waals surface area contributed by atoms with Crippen LogP contribution in [0.5, 0.6) is 0 Å². The lowest BCUT2D eigenvalue weighted by Crippen LogP contribution is -2.27. The maximum absolute atomic E-state index is 13.1. The smallest absolute Gasteiger partial charge is 0.123 e. The number of rotatable bonds is 10. The molecule has 1 aliphatic rings. The van der Waals surface area contributed by atoms with Crippen molar-refractivity contribution in [2.75, 3.05) is 32.1 Å². The van der Waals surface area contributed by atoms with E-state index in [1.807, 2.05) is 25.1 Å². The van der Waals surface area contributed by atoms with Crippen molar-refractivity contribution in [1.82, 2.24) is 10.3 Å². The van der Waals surface area contributed by atoms with Crippen molar-refractivity contribution in [2.45, 2.75) is 38.7 Å². The zero-order valence-electron chi connectivity index (χ0n) is 16.2. The summed E-state index contributed by atoms with van der Waals surface area (Å²) in [6.45, 7) is 5.23. The fourth-order valence-electron chi connectivity index (χ4n) is 3.24. The molecule has 28 heavy (non-hydrogen) atoms. The van der Waals surface area contributed by atoms with Crippen LogP contribution in [-0.4, -0.2) is 43.5 Å². The Kier molecular flexibility index (Phi) is 7.73. The Morgan fingerprint density at radius 1 is 1.18 bits per heavy atom. The number of pyridine rings is 1. The van der Waals surface area contributed by atoms with Gasteiger partial charge >= 0.3 is 0 Å². The average Bonchev–Trinajstić information content (AvgIpc) is 3.10. The molecule has 152 valence electrons. The van der Waals surface area contributed by atoms with Crippen LogP contribution in [0.1, 0.15) is 23.2 Å². The Morgan fingerprint density at radius 3 is 2.86 bits per heavy atom. The second kappa shape index (κ2) is 10.5. The van der Waals surface area contributed by atoms with Crippen LogP contribution in [0.3, 0.4) is 0 Å². The molecule has 2 aromatic rings. The van der Waals surface area contributed by atoms with Gasteiger partial charge in [0, 0.05) is 12.6 Å². The van der Waals surface area contributed by atoms with Crippen LogP contribution in [0.2, 0.25) is 0 Å². The number of nitrogens with one attached hydrogen (secondary N) is 1. The fraction of sp³-hybridized carbons (Fsp3) is 0.476. The number of hydrogen-bond donors (Lipinski definition) is 2. The molecule has 2 atom stereocenters. The Labute approximate surface area is 165 Å². The van der Waals surface area contributed by atoms with Crippen LogP contribution < -0.4 is 11.1 Å². The Bertz CT molecular complexity index is 739. The van der Waals surface area contributed by atoms with E-state index >= 15 is 0 Å². The maximum atomic E-state index is 13.1. The van der Waals surface area contributed by atoms with Crippen LogP contribution in [0, 0.1) is 12.7 Å². The molecule has 1 fully saturated rings. The first-order chi connectivity index (χ1) is 13.6. The van der Waals surface area contributed by atoms with E-state index in [2.05, 4.69) is 10.3 Å². The van der Waals surface area contributed by atoms with Gasteiger partial charge in [-0.3, -0.25) is 0 Å². The number of nitrogen functional groups attached to an aromatic ring is 1. The molecule has 7 heteroatoms. The average molecular weight is 389 g/mol. The van der Waals surface area contributed by atoms with Gasteiger partial charge in [-0.05, 0) is 48.7 Å². The third-order valence-electron chi connectivity index (χ3n) is 4.54. The molecule has 0 aliphatic carbocycles. The standard InChI is InChI=1S/C21H28FN3O3/c1-15-7-19(25-21(23)8-15)14-28-20-10-18(24-11-20)13-27-6-5-26-12-16-3-2-4-17(22)9-16/h2-4,7-9,18,20,24H,5-6,10-14H2,1H3,(H2,23,25)/t18-,20+/m0/s1. The first-order valence-corrected chi connectivity index (χ1v) is 9.56. The highest BCUT2D eigenvalue weighted by Crippen LogP contribution is 2.14. The fourth-order valence-corrected chi connectivity index (χ4v) is 3.24. The zero-order valence-corrected chi connectivity index (χ0v) is 16.2. The molecule has 0 saturated carbocycles. The van der Waals surface area contributed by atoms with Gasteiger partial charge in [-0.25, -0.2) is 9.37 Å². The summed E-state index contributed by atoms with van der Waals surface area (Å²) in [5.41, 5.74) is 8.53. The highest BCUT2D eigenvalue weighted by Gasteiger charge is 2.24. The quantitative estimate of drug-likeness (QED) is 0.608. The van der Waals surface area contributed by atoms with E-state index in [9.17, 15) is 4.39 Å². The first kappa shape index (κ1) is 20.7. The summed E-state index contributed by atoms with van der Waals surface area (Å²) in [6.07, 6.45) is 1.03. The number of aryl methyl sites for hydroxylation is 1. The molecule has 0 amide bonds. The van der Waals surface area contributed by atoms with Crippen LogP contribution in [0.25, 0.3) is 0 Å². The van der Waals surface area contributed by atoms with E-state index in [1.54, 1.807) is 6.07 Å². The number of ether oxygens (including phenoxy) is 3. The van der Waals surface area contributed by atoms with Crippen LogP contribution >= 0.6 is 0 Å². The van der Waals surface area contributed by atoms with Gasteiger partial charge in [-0.2, -0.15) is 0 Å². The summed E-state index contributed by atoms with van der Waals surface area (Å²) in [4.78, 5) is 4.29. The van der Waals surface area contributed by atoms with Crippen molar-refractivity contribution in [2.24, 2.45) is 0 Å². The summed E-state index contributed by atoms with van der Waals surface area (Å²) < 4.78 is 30.2. The van der Waals surface area contributed by atoms with E-state index in [0.717, 1.165) is 29.8 Å². The van der Waals surface area contributed by atoms with Crippen molar-refractivity contribution in [3.05, 3.63) is 59.0 Å². The number of hydrogen-bond acceptors (Lipinski definition) is 6. The number of nitrogens with zero attached hydrogens (tertiary/aromatic N) is 1. The van der Waals surface area contributed by atoms with Crippen molar-refractivity contribution < 1.29 is 18.6 Å². The van der Waals surface area contributed by atoms with Gasteiger partial charge in [0.25, 0.3) is 0 Å². The minimum Gasteiger partial charge on any atom is -0.384 e. The largest absolute Gasteiger partial charge is 0.384 e. The minimum atomic E-state index is -0.247. The predicted octanol–water partition coefficient (Wildman–Crippen LogP) is 2.59. The van der Waals surface area contributed by atoms with Gasteiger partial charge in [0.1, 0.15) is 11.6 Å². The highest BCUT2D eigenvalue weighted by molar-refractivity contribution is 5.33. The lowest BCUT2D eigenvalue weighted by molar-refractivity contribution is 0.0277. The van der Waals surface area contributed by atoms with E-state index in [0.29, 0.717) is 38.9 Å². The summed E-state index contributed by atoms with van der Waals surface area (Å²) in [6, 6.07) is 10.5. The van der Waals surface area contributed by atoms with Gasteiger partial charge in [0.2, 0.25) is 0 Å². The number of anilines is 1. The number of nitrogens with two attached hydrogens (primary N) is 1. The lowest BCUT2D eigenvalue weighted by Gasteiger charge is -2.13. The molecule has 0 radical (unpaired) electrons. The van der Waals surface area contributed by atoms with Crippen molar-refractivity contribution in [1.29, 1.82) is 0 Å². The maximum Gasteiger partial charge on any atom is 0.123 e. The predicted molar refractivity (Wildman–Crippen MR) is 105 cm³/mol. The summed E-state index contributed by atoms with van der Waals surface area (Å²) in [7, 11) is 0. The molecule has 3 N–H and O–H groups in total. The molecular formula is C21H28FN3O3. The van der Waals surface area contributed by atoms with Crippen LogP contribution in [-0.2, 0) is 27.4 Å². The van der Waals surface area contributed by atoms with E-state index in [1.165, 1.54) is 12.1 Å². The summed E-state index contributed by atoms with van der Waals surface area (Å²) in [5, 5.41) is 3.41. The number of benzene rings is 1. The van der Waals surface area contributed by atoms with Crippen molar-refractivity contribution in [3.63, 3.8) is 0 Å². The van der Waals surface area contributed by atoms with Gasteiger partial charge in [0.05, 0.1) is 44.8 Å². The molecule has 3 rings (SSSR count). The van der Waals surface area contributed by atoms with Gasteiger partial charge in [-0.1, -0.05) is 12.1 Å². The Balaban J connectivity index is 1.25. The molecule has 1 aromatic carbocycles. The molecule has 6 nitrogen and oxygen atoms in total. The molecule has 1 saturated heterocycles. The summed E-state index contributed by atoms with van der Waals surface area (Å²) >= 11 is 0. The molecular weight excluding hydrogens is 361 g/mol. The third kappa shape index (κ3) is 6.83. The number of aromatic nitrogens is 1. The molecule has 0 spiro atoms. The Hall–Kier alpha value is -2.06. The second-order valence-electron chi connectivity index (χ2n) is 7.09. The zero-order chi connectivity index (χ0) is 19.8. The first-order valence-electron chi connectivity index (χ1n) is 9.56. The summed E-state index contributed by atoms with van der Waals surface area (Å²) in [5.74, 6) is 0.275. The highest BCUT2D eigenvalue weighted by atomic mass is 19.1. The topological polar surface area (TPSA) is 78.6 Å². The monoisotopic (exact) mass is 389 g/mol.